The molecule has 0 saturated carbocycles. The van der Waals surface area contributed by atoms with Crippen molar-refractivity contribution < 1.29 is 34.2 Å². The number of likely N-dealkylation sites (tertiary alicyclic amines) is 1. The van der Waals surface area contributed by atoms with E-state index in [-0.39, 0.29) is 25.8 Å². The number of nitrogens with one attached hydrogen (secondary N) is 2. The Bertz CT molecular complexity index is 706. The molecule has 1 heterocycles. The molecule has 32 heavy (non-hydrogen) atoms. The molecule has 5 atom stereocenters. The van der Waals surface area contributed by atoms with Crippen LogP contribution in [-0.4, -0.2) is 93.5 Å². The van der Waals surface area contributed by atoms with Gasteiger partial charge in [0.1, 0.15) is 18.1 Å². The van der Waals surface area contributed by atoms with Crippen LogP contribution in [-0.2, 0) is 24.0 Å². The number of carboxylic acids is 1. The molecule has 182 valence electrons. The zero-order chi connectivity index (χ0) is 24.4. The number of nitrogens with two attached hydrogens (primary N) is 2. The Morgan fingerprint density at radius 2 is 1.81 bits per heavy atom. The number of carbonyl (C=O) groups excluding carboxylic acids is 4. The van der Waals surface area contributed by atoms with Crippen LogP contribution in [0.25, 0.3) is 0 Å². The number of rotatable bonds is 13. The third-order valence-electron chi connectivity index (χ3n) is 5.15. The number of carboxylic acid groups (broad SMARTS) is 1. The molecule has 13 heteroatoms. The molecular weight excluding hydrogens is 442 g/mol. The molecule has 0 aromatic carbocycles. The molecule has 1 rings (SSSR count). The van der Waals surface area contributed by atoms with Crippen molar-refractivity contribution in [3.8, 4) is 0 Å². The third kappa shape index (κ3) is 8.28. The molecule has 0 aliphatic carbocycles. The first-order valence-electron chi connectivity index (χ1n) is 10.3. The molecule has 0 radical (unpaired) electrons. The number of aliphatic carboxylic acids is 1. The maximum Gasteiger partial charge on any atom is 0.326 e. The van der Waals surface area contributed by atoms with Gasteiger partial charge in [0.25, 0.3) is 0 Å². The Balaban J connectivity index is 2.90. The lowest BCUT2D eigenvalue weighted by Crippen LogP contribution is -2.59. The van der Waals surface area contributed by atoms with Gasteiger partial charge in [-0.15, -0.1) is 0 Å². The number of hydrogen-bond acceptors (Lipinski definition) is 8. The number of primary amides is 1. The highest BCUT2D eigenvalue weighted by molar-refractivity contribution is 7.98. The van der Waals surface area contributed by atoms with Gasteiger partial charge < -0.3 is 37.2 Å². The predicted octanol–water partition coefficient (Wildman–Crippen LogP) is -2.24. The van der Waals surface area contributed by atoms with Crippen LogP contribution in [0.1, 0.15) is 39.0 Å². The van der Waals surface area contributed by atoms with Crippen molar-refractivity contribution in [2.45, 2.75) is 69.3 Å². The van der Waals surface area contributed by atoms with E-state index in [2.05, 4.69) is 10.6 Å². The highest BCUT2D eigenvalue weighted by atomic mass is 32.2. The zero-order valence-electron chi connectivity index (χ0n) is 18.3. The SMILES string of the molecule is CSCCC(NC(=O)C(NC(=O)C(N)CCC(N)=O)C(C)O)C(=O)N1CCCC1C(=O)O. The topological polar surface area (TPSA) is 205 Å². The summed E-state index contributed by atoms with van der Waals surface area (Å²) in [6, 6.07) is -4.49. The van der Waals surface area contributed by atoms with E-state index in [4.69, 9.17) is 11.5 Å². The highest BCUT2D eigenvalue weighted by Crippen LogP contribution is 2.19. The average Bonchev–Trinajstić information content (AvgIpc) is 3.22. The van der Waals surface area contributed by atoms with E-state index < -0.39 is 59.9 Å². The third-order valence-corrected chi connectivity index (χ3v) is 5.79. The second kappa shape index (κ2) is 13.2. The van der Waals surface area contributed by atoms with Gasteiger partial charge in [-0.3, -0.25) is 19.2 Å². The van der Waals surface area contributed by atoms with Gasteiger partial charge >= 0.3 is 5.97 Å². The standard InChI is InChI=1S/C19H33N5O7S/c1-10(25)15(23-16(27)11(20)5-6-14(21)26)17(28)22-12(7-9-32-2)18(29)24-8-3-4-13(24)19(30)31/h10-13,15,25H,3-9,20H2,1-2H3,(H2,21,26)(H,22,28)(H,23,27)(H,30,31). The van der Waals surface area contributed by atoms with E-state index in [0.717, 1.165) is 0 Å². The number of aliphatic hydroxyl groups is 1. The maximum absolute atomic E-state index is 13.0. The monoisotopic (exact) mass is 475 g/mol. The minimum atomic E-state index is -1.40. The van der Waals surface area contributed by atoms with Gasteiger partial charge in [-0.25, -0.2) is 4.79 Å². The first kappa shape index (κ1) is 27.7. The van der Waals surface area contributed by atoms with E-state index >= 15 is 0 Å². The molecule has 0 aromatic rings. The Morgan fingerprint density at radius 1 is 1.16 bits per heavy atom. The predicted molar refractivity (Wildman–Crippen MR) is 117 cm³/mol. The van der Waals surface area contributed by atoms with Crippen LogP contribution < -0.4 is 22.1 Å². The number of amides is 4. The summed E-state index contributed by atoms with van der Waals surface area (Å²) in [5, 5.41) is 24.2. The van der Waals surface area contributed by atoms with Crippen LogP contribution in [0.5, 0.6) is 0 Å². The van der Waals surface area contributed by atoms with Gasteiger partial charge in [-0.05, 0) is 44.6 Å². The van der Waals surface area contributed by atoms with Crippen LogP contribution in [0, 0.1) is 0 Å². The highest BCUT2D eigenvalue weighted by Gasteiger charge is 2.38. The van der Waals surface area contributed by atoms with Crippen LogP contribution in [0.15, 0.2) is 0 Å². The van der Waals surface area contributed by atoms with E-state index in [1.807, 2.05) is 6.26 Å². The summed E-state index contributed by atoms with van der Waals surface area (Å²) in [5.74, 6) is -3.30. The van der Waals surface area contributed by atoms with Gasteiger partial charge in [-0.2, -0.15) is 11.8 Å². The van der Waals surface area contributed by atoms with Crippen LogP contribution in [0.4, 0.5) is 0 Å². The Labute approximate surface area is 190 Å². The van der Waals surface area contributed by atoms with Gasteiger partial charge in [0.2, 0.25) is 23.6 Å². The molecule has 5 unspecified atom stereocenters. The summed E-state index contributed by atoms with van der Waals surface area (Å²) in [7, 11) is 0. The summed E-state index contributed by atoms with van der Waals surface area (Å²) >= 11 is 1.45. The fourth-order valence-corrected chi connectivity index (χ4v) is 3.81. The molecule has 12 nitrogen and oxygen atoms in total. The van der Waals surface area contributed by atoms with Crippen LogP contribution >= 0.6 is 11.8 Å². The lowest BCUT2D eigenvalue weighted by Gasteiger charge is -2.29. The van der Waals surface area contributed by atoms with Crippen molar-refractivity contribution in [2.75, 3.05) is 18.6 Å². The van der Waals surface area contributed by atoms with Gasteiger partial charge in [-0.1, -0.05) is 0 Å². The minimum absolute atomic E-state index is 0.0321. The fourth-order valence-electron chi connectivity index (χ4n) is 3.34. The minimum Gasteiger partial charge on any atom is -0.480 e. The summed E-state index contributed by atoms with van der Waals surface area (Å²) in [4.78, 5) is 61.6. The second-order valence-corrected chi connectivity index (χ2v) is 8.69. The lowest BCUT2D eigenvalue weighted by atomic mass is 10.1. The first-order valence-corrected chi connectivity index (χ1v) is 11.7. The van der Waals surface area contributed by atoms with E-state index in [9.17, 15) is 34.2 Å². The molecule has 0 spiro atoms. The van der Waals surface area contributed by atoms with Crippen molar-refractivity contribution in [1.82, 2.24) is 15.5 Å². The molecule has 8 N–H and O–H groups in total. The molecule has 0 bridgehead atoms. The number of hydrogen-bond donors (Lipinski definition) is 6. The van der Waals surface area contributed by atoms with E-state index in [1.54, 1.807) is 0 Å². The number of carbonyl (C=O) groups is 5. The first-order chi connectivity index (χ1) is 15.0. The second-order valence-electron chi connectivity index (χ2n) is 7.71. The summed E-state index contributed by atoms with van der Waals surface area (Å²) in [5.41, 5.74) is 10.7. The molecule has 4 amide bonds. The van der Waals surface area contributed by atoms with Crippen LogP contribution in [0.3, 0.4) is 0 Å². The zero-order valence-corrected chi connectivity index (χ0v) is 19.1. The van der Waals surface area contributed by atoms with Gasteiger partial charge in [0, 0.05) is 13.0 Å². The fraction of sp³-hybridized carbons (Fsp3) is 0.737. The maximum atomic E-state index is 13.0. The Morgan fingerprint density at radius 3 is 2.34 bits per heavy atom. The smallest absolute Gasteiger partial charge is 0.326 e. The average molecular weight is 476 g/mol. The van der Waals surface area contributed by atoms with Crippen molar-refractivity contribution in [3.63, 3.8) is 0 Å². The Hall–Kier alpha value is -2.38. The lowest BCUT2D eigenvalue weighted by molar-refractivity contribution is -0.149. The summed E-state index contributed by atoms with van der Waals surface area (Å²) in [6.07, 6.45) is 1.49. The molecular formula is C19H33N5O7S. The Kier molecular flexibility index (Phi) is 11.4. The van der Waals surface area contributed by atoms with Crippen LogP contribution in [0.2, 0.25) is 0 Å². The molecule has 1 aliphatic rings. The van der Waals surface area contributed by atoms with Crippen molar-refractivity contribution >= 4 is 41.4 Å². The number of aliphatic hydroxyl groups excluding tert-OH is 1. The normalized spacial score (nSPS) is 19.5. The molecule has 1 aliphatic heterocycles. The van der Waals surface area contributed by atoms with Gasteiger partial charge in [0.05, 0.1) is 12.1 Å². The van der Waals surface area contributed by atoms with Crippen molar-refractivity contribution in [3.05, 3.63) is 0 Å². The number of nitrogens with zero attached hydrogens (tertiary/aromatic N) is 1. The molecule has 1 fully saturated rings. The molecule has 1 saturated heterocycles. The van der Waals surface area contributed by atoms with Crippen molar-refractivity contribution in [2.24, 2.45) is 11.5 Å². The van der Waals surface area contributed by atoms with E-state index in [0.29, 0.717) is 18.6 Å². The summed E-state index contributed by atoms with van der Waals surface area (Å²) in [6.45, 7) is 1.56. The number of thioether (sulfide) groups is 1. The molecule has 0 aromatic heterocycles. The summed E-state index contributed by atoms with van der Waals surface area (Å²) < 4.78 is 0. The van der Waals surface area contributed by atoms with Gasteiger partial charge in [0.15, 0.2) is 0 Å². The van der Waals surface area contributed by atoms with Crippen molar-refractivity contribution in [1.29, 1.82) is 0 Å². The quantitative estimate of drug-likeness (QED) is 0.170. The largest absolute Gasteiger partial charge is 0.480 e. The van der Waals surface area contributed by atoms with E-state index in [1.165, 1.54) is 23.6 Å².